The van der Waals surface area contributed by atoms with E-state index in [9.17, 15) is 9.90 Å². The predicted molar refractivity (Wildman–Crippen MR) is 108 cm³/mol. The molecule has 5 nitrogen and oxygen atoms in total. The lowest BCUT2D eigenvalue weighted by Gasteiger charge is -2.24. The first-order valence-electron chi connectivity index (χ1n) is 9.84. The van der Waals surface area contributed by atoms with Gasteiger partial charge in [0, 0.05) is 25.0 Å². The molecule has 0 saturated heterocycles. The number of carbonyl (C=O) groups is 1. The normalized spacial score (nSPS) is 15.6. The maximum atomic E-state index is 11.9. The van der Waals surface area contributed by atoms with Gasteiger partial charge in [-0.3, -0.25) is 9.88 Å². The molecule has 1 aromatic carbocycles. The zero-order valence-electron chi connectivity index (χ0n) is 16.0. The highest BCUT2D eigenvalue weighted by Crippen LogP contribution is 2.29. The average Bonchev–Trinajstić information content (AvgIpc) is 3.18. The van der Waals surface area contributed by atoms with E-state index in [0.717, 1.165) is 22.7 Å². The van der Waals surface area contributed by atoms with Crippen molar-refractivity contribution in [2.75, 3.05) is 4.90 Å². The van der Waals surface area contributed by atoms with Crippen LogP contribution in [0, 0.1) is 5.92 Å². The van der Waals surface area contributed by atoms with Crippen LogP contribution in [0.1, 0.15) is 50.2 Å². The molecule has 0 aliphatic heterocycles. The Bertz CT molecular complexity index is 729. The molecule has 1 aliphatic rings. The summed E-state index contributed by atoms with van der Waals surface area (Å²) >= 11 is 0. The van der Waals surface area contributed by atoms with Crippen LogP contribution < -0.4 is 10.2 Å². The van der Waals surface area contributed by atoms with Gasteiger partial charge in [-0.05, 0) is 42.5 Å². The molecule has 144 valence electrons. The molecule has 0 spiro atoms. The number of hydrogen-bond acceptors (Lipinski definition) is 3. The number of rotatable bonds is 8. The first kappa shape index (κ1) is 19.4. The summed E-state index contributed by atoms with van der Waals surface area (Å²) < 4.78 is 0. The molecule has 1 atom stereocenters. The van der Waals surface area contributed by atoms with Crippen LogP contribution in [-0.2, 0) is 13.1 Å². The fraction of sp³-hybridized carbons (Fsp3) is 0.455. The average molecular weight is 367 g/mol. The molecular weight excluding hydrogens is 338 g/mol. The molecule has 1 aromatic heterocycles. The molecule has 0 radical (unpaired) electrons. The molecular formula is C22H29N3O2. The lowest BCUT2D eigenvalue weighted by molar-refractivity contribution is 0.201. The van der Waals surface area contributed by atoms with E-state index in [-0.39, 0.29) is 6.54 Å². The van der Waals surface area contributed by atoms with Gasteiger partial charge in [-0.25, -0.2) is 4.79 Å². The minimum absolute atomic E-state index is 0.289. The van der Waals surface area contributed by atoms with Crippen molar-refractivity contribution in [2.45, 2.75) is 58.2 Å². The summed E-state index contributed by atoms with van der Waals surface area (Å²) in [4.78, 5) is 17.4. The summed E-state index contributed by atoms with van der Waals surface area (Å²) in [5, 5.41) is 13.4. The monoisotopic (exact) mass is 367 g/mol. The van der Waals surface area contributed by atoms with Crippen molar-refractivity contribution in [1.82, 2.24) is 10.3 Å². The number of para-hydroxylation sites is 1. The highest BCUT2D eigenvalue weighted by Gasteiger charge is 2.20. The van der Waals surface area contributed by atoms with E-state index in [4.69, 9.17) is 0 Å². The van der Waals surface area contributed by atoms with Crippen molar-refractivity contribution < 1.29 is 9.90 Å². The Morgan fingerprint density at radius 3 is 2.74 bits per heavy atom. The standard InChI is InChI=1S/C22H29N3O2/c1-17(13-18-7-2-3-8-18)24-15-20-10-4-5-11-21(20)25(22(26)27)16-19-9-6-12-23-14-19/h4-6,9-12,14,17-18,24H,2-3,7-8,13,15-16H2,1H3,(H,26,27)/t17-/m0/s1. The smallest absolute Gasteiger partial charge is 0.412 e. The number of anilines is 1. The minimum Gasteiger partial charge on any atom is -0.465 e. The van der Waals surface area contributed by atoms with Gasteiger partial charge in [0.2, 0.25) is 0 Å². The summed E-state index contributed by atoms with van der Waals surface area (Å²) in [6, 6.07) is 11.9. The van der Waals surface area contributed by atoms with Crippen molar-refractivity contribution in [1.29, 1.82) is 0 Å². The zero-order chi connectivity index (χ0) is 19.1. The Labute approximate surface area is 161 Å². The van der Waals surface area contributed by atoms with Crippen LogP contribution in [0.25, 0.3) is 0 Å². The molecule has 1 aliphatic carbocycles. The quantitative estimate of drug-likeness (QED) is 0.702. The maximum Gasteiger partial charge on any atom is 0.412 e. The van der Waals surface area contributed by atoms with E-state index in [1.54, 1.807) is 12.4 Å². The van der Waals surface area contributed by atoms with Crippen LogP contribution in [0.3, 0.4) is 0 Å². The van der Waals surface area contributed by atoms with Gasteiger partial charge in [-0.1, -0.05) is 49.9 Å². The lowest BCUT2D eigenvalue weighted by atomic mass is 9.99. The minimum atomic E-state index is -0.953. The fourth-order valence-corrected chi connectivity index (χ4v) is 3.97. The van der Waals surface area contributed by atoms with Crippen molar-refractivity contribution in [2.24, 2.45) is 5.92 Å². The second kappa shape index (κ2) is 9.51. The Morgan fingerprint density at radius 2 is 2.04 bits per heavy atom. The van der Waals surface area contributed by atoms with Crippen LogP contribution in [0.15, 0.2) is 48.8 Å². The van der Waals surface area contributed by atoms with E-state index in [0.29, 0.717) is 12.6 Å². The van der Waals surface area contributed by atoms with Gasteiger partial charge >= 0.3 is 6.09 Å². The van der Waals surface area contributed by atoms with Crippen LogP contribution in [0.4, 0.5) is 10.5 Å². The Kier molecular flexibility index (Phi) is 6.82. The number of benzene rings is 1. The van der Waals surface area contributed by atoms with Gasteiger partial charge in [0.1, 0.15) is 0 Å². The zero-order valence-corrected chi connectivity index (χ0v) is 16.0. The number of carboxylic acid groups (broad SMARTS) is 1. The highest BCUT2D eigenvalue weighted by atomic mass is 16.4. The topological polar surface area (TPSA) is 65.5 Å². The SMILES string of the molecule is C[C@@H](CC1CCCC1)NCc1ccccc1N(Cc1cccnc1)C(=O)O. The molecule has 1 saturated carbocycles. The number of nitrogens with zero attached hydrogens (tertiary/aromatic N) is 2. The van der Waals surface area contributed by atoms with Gasteiger partial charge in [0.05, 0.1) is 12.2 Å². The van der Waals surface area contributed by atoms with Crippen LogP contribution >= 0.6 is 0 Å². The molecule has 2 N–H and O–H groups in total. The maximum absolute atomic E-state index is 11.9. The number of aromatic nitrogens is 1. The van der Waals surface area contributed by atoms with Gasteiger partial charge in [0.15, 0.2) is 0 Å². The number of hydrogen-bond donors (Lipinski definition) is 2. The molecule has 0 bridgehead atoms. The molecule has 27 heavy (non-hydrogen) atoms. The van der Waals surface area contributed by atoms with Crippen LogP contribution in [0.2, 0.25) is 0 Å². The number of pyridine rings is 1. The van der Waals surface area contributed by atoms with Crippen molar-refractivity contribution >= 4 is 11.8 Å². The van der Waals surface area contributed by atoms with Crippen LogP contribution in [0.5, 0.6) is 0 Å². The Hall–Kier alpha value is -2.40. The molecule has 5 heteroatoms. The second-order valence-electron chi connectivity index (χ2n) is 7.53. The van der Waals surface area contributed by atoms with E-state index < -0.39 is 6.09 Å². The van der Waals surface area contributed by atoms with Gasteiger partial charge in [-0.15, -0.1) is 0 Å². The summed E-state index contributed by atoms with van der Waals surface area (Å²) in [7, 11) is 0. The van der Waals surface area contributed by atoms with Gasteiger partial charge in [-0.2, -0.15) is 0 Å². The Balaban J connectivity index is 1.68. The van der Waals surface area contributed by atoms with Crippen LogP contribution in [-0.4, -0.2) is 22.2 Å². The number of amides is 1. The first-order chi connectivity index (χ1) is 13.1. The molecule has 1 fully saturated rings. The lowest BCUT2D eigenvalue weighted by Crippen LogP contribution is -2.32. The summed E-state index contributed by atoms with van der Waals surface area (Å²) in [6.07, 6.45) is 9.06. The largest absolute Gasteiger partial charge is 0.465 e. The van der Waals surface area contributed by atoms with E-state index in [1.807, 2.05) is 36.4 Å². The fourth-order valence-electron chi connectivity index (χ4n) is 3.97. The molecule has 1 amide bonds. The van der Waals surface area contributed by atoms with Crippen molar-refractivity contribution in [3.63, 3.8) is 0 Å². The second-order valence-corrected chi connectivity index (χ2v) is 7.53. The summed E-state index contributed by atoms with van der Waals surface area (Å²) in [5.74, 6) is 0.837. The van der Waals surface area contributed by atoms with Gasteiger partial charge in [0.25, 0.3) is 0 Å². The van der Waals surface area contributed by atoms with Crippen molar-refractivity contribution in [3.05, 3.63) is 59.9 Å². The van der Waals surface area contributed by atoms with Crippen molar-refractivity contribution in [3.8, 4) is 0 Å². The third kappa shape index (κ3) is 5.54. The third-order valence-electron chi connectivity index (χ3n) is 5.38. The third-order valence-corrected chi connectivity index (χ3v) is 5.38. The molecule has 2 aromatic rings. The highest BCUT2D eigenvalue weighted by molar-refractivity contribution is 5.87. The molecule has 0 unspecified atom stereocenters. The van der Waals surface area contributed by atoms with E-state index in [1.165, 1.54) is 37.0 Å². The molecule has 3 rings (SSSR count). The predicted octanol–water partition coefficient (Wildman–Crippen LogP) is 4.82. The summed E-state index contributed by atoms with van der Waals surface area (Å²) in [5.41, 5.74) is 2.61. The van der Waals surface area contributed by atoms with E-state index in [2.05, 4.69) is 17.2 Å². The molecule has 1 heterocycles. The Morgan fingerprint density at radius 1 is 1.26 bits per heavy atom. The summed E-state index contributed by atoms with van der Waals surface area (Å²) in [6.45, 7) is 3.18. The number of nitrogens with one attached hydrogen (secondary N) is 1. The van der Waals surface area contributed by atoms with Gasteiger partial charge < -0.3 is 10.4 Å². The van der Waals surface area contributed by atoms with E-state index >= 15 is 0 Å². The first-order valence-corrected chi connectivity index (χ1v) is 9.84.